The van der Waals surface area contributed by atoms with Crippen molar-refractivity contribution in [2.75, 3.05) is 12.5 Å². The molecule has 0 aliphatic heterocycles. The first-order chi connectivity index (χ1) is 9.04. The third-order valence-electron chi connectivity index (χ3n) is 2.69. The van der Waals surface area contributed by atoms with Crippen molar-refractivity contribution in [2.45, 2.75) is 11.4 Å². The second-order valence-electron chi connectivity index (χ2n) is 4.04. The average molecular weight is 281 g/mol. The molecule has 1 aromatic carbocycles. The van der Waals surface area contributed by atoms with Gasteiger partial charge >= 0.3 is 0 Å². The number of hydrogen-bond acceptors (Lipinski definition) is 5. The van der Waals surface area contributed by atoms with E-state index >= 15 is 0 Å². The number of nitrogens with zero attached hydrogens (tertiary/aromatic N) is 2. The van der Waals surface area contributed by atoms with E-state index in [4.69, 9.17) is 5.84 Å². The van der Waals surface area contributed by atoms with Gasteiger partial charge in [0.2, 0.25) is 10.0 Å². The Morgan fingerprint density at radius 1 is 1.37 bits per heavy atom. The van der Waals surface area contributed by atoms with Crippen LogP contribution in [-0.4, -0.2) is 30.0 Å². The molecule has 0 aliphatic carbocycles. The molecule has 0 aliphatic rings. The van der Waals surface area contributed by atoms with Crippen molar-refractivity contribution in [1.29, 1.82) is 0 Å². The Hall–Kier alpha value is -1.90. The van der Waals surface area contributed by atoms with Gasteiger partial charge < -0.3 is 5.43 Å². The Balaban J connectivity index is 2.20. The molecule has 8 heteroatoms. The zero-order chi connectivity index (χ0) is 13.9. The summed E-state index contributed by atoms with van der Waals surface area (Å²) in [5, 5.41) is 6.43. The predicted molar refractivity (Wildman–Crippen MR) is 71.5 cm³/mol. The lowest BCUT2D eigenvalue weighted by atomic mass is 10.3. The van der Waals surface area contributed by atoms with E-state index < -0.39 is 10.0 Å². The minimum absolute atomic E-state index is 0.220. The first kappa shape index (κ1) is 13.5. The van der Waals surface area contributed by atoms with Gasteiger partial charge in [-0.2, -0.15) is 9.40 Å². The van der Waals surface area contributed by atoms with E-state index in [1.807, 2.05) is 0 Å². The molecule has 0 unspecified atom stereocenters. The maximum absolute atomic E-state index is 12.3. The van der Waals surface area contributed by atoms with Gasteiger partial charge in [0, 0.05) is 31.0 Å². The summed E-state index contributed by atoms with van der Waals surface area (Å²) in [5.41, 5.74) is 3.90. The quantitative estimate of drug-likeness (QED) is 0.547. The summed E-state index contributed by atoms with van der Waals surface area (Å²) in [5.74, 6) is 5.24. The molecular formula is C11H15N5O2S. The van der Waals surface area contributed by atoms with Crippen molar-refractivity contribution in [3.63, 3.8) is 0 Å². The number of nitrogens with two attached hydrogens (primary N) is 1. The maximum atomic E-state index is 12.3. The number of aromatic nitrogens is 2. The highest BCUT2D eigenvalue weighted by Crippen LogP contribution is 2.18. The number of H-pyrrole nitrogens is 1. The molecule has 0 atom stereocenters. The summed E-state index contributed by atoms with van der Waals surface area (Å²) in [6.07, 6.45) is 3.25. The predicted octanol–water partition coefficient (Wildman–Crippen LogP) is 0.516. The van der Waals surface area contributed by atoms with Gasteiger partial charge in [0.15, 0.2) is 0 Å². The summed E-state index contributed by atoms with van der Waals surface area (Å²) < 4.78 is 25.9. The van der Waals surface area contributed by atoms with Gasteiger partial charge in [-0.05, 0) is 24.3 Å². The molecule has 0 radical (unpaired) electrons. The number of hydrazine groups is 1. The van der Waals surface area contributed by atoms with Crippen molar-refractivity contribution in [3.05, 3.63) is 42.2 Å². The highest BCUT2D eigenvalue weighted by Gasteiger charge is 2.20. The number of aromatic amines is 1. The fourth-order valence-electron chi connectivity index (χ4n) is 1.61. The fraction of sp³-hybridized carbons (Fsp3) is 0.182. The normalized spacial score (nSPS) is 11.7. The standard InChI is InChI=1S/C11H15N5O2S/c1-16(8-9-6-13-14-7-9)19(17,18)11-4-2-10(15-12)3-5-11/h2-7,15H,8,12H2,1H3,(H,13,14). The molecule has 2 aromatic rings. The van der Waals surface area contributed by atoms with Gasteiger partial charge in [0.1, 0.15) is 0 Å². The van der Waals surface area contributed by atoms with Crippen LogP contribution in [0.25, 0.3) is 0 Å². The molecule has 1 heterocycles. The van der Waals surface area contributed by atoms with Crippen molar-refractivity contribution in [3.8, 4) is 0 Å². The number of sulfonamides is 1. The highest BCUT2D eigenvalue weighted by molar-refractivity contribution is 7.89. The number of hydrogen-bond donors (Lipinski definition) is 3. The number of anilines is 1. The topological polar surface area (TPSA) is 104 Å². The van der Waals surface area contributed by atoms with E-state index in [0.717, 1.165) is 5.56 Å². The molecule has 0 fully saturated rings. The molecule has 2 rings (SSSR count). The molecule has 1 aromatic heterocycles. The summed E-state index contributed by atoms with van der Waals surface area (Å²) >= 11 is 0. The van der Waals surface area contributed by atoms with E-state index in [0.29, 0.717) is 5.69 Å². The number of nitrogen functional groups attached to an aromatic ring is 1. The highest BCUT2D eigenvalue weighted by atomic mass is 32.2. The van der Waals surface area contributed by atoms with E-state index in [2.05, 4.69) is 15.6 Å². The maximum Gasteiger partial charge on any atom is 0.243 e. The molecular weight excluding hydrogens is 266 g/mol. The van der Waals surface area contributed by atoms with Crippen LogP contribution in [0.3, 0.4) is 0 Å². The molecule has 0 spiro atoms. The zero-order valence-electron chi connectivity index (χ0n) is 10.4. The zero-order valence-corrected chi connectivity index (χ0v) is 11.2. The second-order valence-corrected chi connectivity index (χ2v) is 6.08. The molecule has 0 saturated heterocycles. The van der Waals surface area contributed by atoms with Gasteiger partial charge in [-0.25, -0.2) is 8.42 Å². The Labute approximate surface area is 111 Å². The van der Waals surface area contributed by atoms with Crippen LogP contribution in [0.5, 0.6) is 0 Å². The lowest BCUT2D eigenvalue weighted by molar-refractivity contribution is 0.467. The van der Waals surface area contributed by atoms with Crippen LogP contribution in [0.4, 0.5) is 5.69 Å². The average Bonchev–Trinajstić information content (AvgIpc) is 2.91. The van der Waals surface area contributed by atoms with E-state index in [1.165, 1.54) is 23.5 Å². The Kier molecular flexibility index (Phi) is 3.84. The number of rotatable bonds is 5. The first-order valence-corrected chi connectivity index (χ1v) is 6.98. The molecule has 0 bridgehead atoms. The lowest BCUT2D eigenvalue weighted by Gasteiger charge is -2.16. The fourth-order valence-corrected chi connectivity index (χ4v) is 2.77. The van der Waals surface area contributed by atoms with E-state index in [9.17, 15) is 8.42 Å². The smallest absolute Gasteiger partial charge is 0.243 e. The van der Waals surface area contributed by atoms with Crippen LogP contribution in [0.1, 0.15) is 5.56 Å². The molecule has 102 valence electrons. The molecule has 7 nitrogen and oxygen atoms in total. The van der Waals surface area contributed by atoms with E-state index in [1.54, 1.807) is 24.5 Å². The number of nitrogens with one attached hydrogen (secondary N) is 2. The monoisotopic (exact) mass is 281 g/mol. The van der Waals surface area contributed by atoms with Crippen LogP contribution >= 0.6 is 0 Å². The van der Waals surface area contributed by atoms with Gasteiger partial charge in [-0.1, -0.05) is 0 Å². The molecule has 0 saturated carbocycles. The summed E-state index contributed by atoms with van der Waals surface area (Å²) in [6, 6.07) is 6.24. The summed E-state index contributed by atoms with van der Waals surface area (Å²) in [7, 11) is -1.99. The van der Waals surface area contributed by atoms with Crippen molar-refractivity contribution in [1.82, 2.24) is 14.5 Å². The van der Waals surface area contributed by atoms with Gasteiger partial charge in [-0.3, -0.25) is 10.9 Å². The number of benzene rings is 1. The largest absolute Gasteiger partial charge is 0.324 e. The Morgan fingerprint density at radius 3 is 2.58 bits per heavy atom. The minimum atomic E-state index is -3.52. The van der Waals surface area contributed by atoms with Crippen LogP contribution in [0, 0.1) is 0 Å². The van der Waals surface area contributed by atoms with Crippen LogP contribution < -0.4 is 11.3 Å². The molecule has 0 amide bonds. The Morgan fingerprint density at radius 2 is 2.05 bits per heavy atom. The van der Waals surface area contributed by atoms with Gasteiger partial charge in [0.05, 0.1) is 11.1 Å². The molecule has 4 N–H and O–H groups in total. The van der Waals surface area contributed by atoms with Crippen LogP contribution in [0.15, 0.2) is 41.6 Å². The lowest BCUT2D eigenvalue weighted by Crippen LogP contribution is -2.26. The van der Waals surface area contributed by atoms with Crippen molar-refractivity contribution in [2.24, 2.45) is 5.84 Å². The third kappa shape index (κ3) is 2.92. The third-order valence-corrected chi connectivity index (χ3v) is 4.51. The van der Waals surface area contributed by atoms with Crippen molar-refractivity contribution >= 4 is 15.7 Å². The first-order valence-electron chi connectivity index (χ1n) is 5.54. The van der Waals surface area contributed by atoms with Crippen LogP contribution in [0.2, 0.25) is 0 Å². The summed E-state index contributed by atoms with van der Waals surface area (Å²) in [6.45, 7) is 0.260. The SMILES string of the molecule is CN(Cc1cn[nH]c1)S(=O)(=O)c1ccc(NN)cc1. The van der Waals surface area contributed by atoms with E-state index in [-0.39, 0.29) is 11.4 Å². The van der Waals surface area contributed by atoms with Gasteiger partial charge in [-0.15, -0.1) is 0 Å². The van der Waals surface area contributed by atoms with Crippen molar-refractivity contribution < 1.29 is 8.42 Å². The summed E-state index contributed by atoms with van der Waals surface area (Å²) in [4.78, 5) is 0.220. The second kappa shape index (κ2) is 5.39. The molecule has 19 heavy (non-hydrogen) atoms. The Bertz CT molecular complexity index is 622. The van der Waals surface area contributed by atoms with Gasteiger partial charge in [0.25, 0.3) is 0 Å². The minimum Gasteiger partial charge on any atom is -0.324 e. The van der Waals surface area contributed by atoms with Crippen LogP contribution in [-0.2, 0) is 16.6 Å².